The van der Waals surface area contributed by atoms with Crippen LogP contribution in [0.2, 0.25) is 0 Å². The molecular formula is C62H47BN2O4. The van der Waals surface area contributed by atoms with Crippen LogP contribution in [-0.2, 0) is 6.42 Å². The number of hydrogen-bond donors (Lipinski definition) is 0. The second kappa shape index (κ2) is 14.7. The van der Waals surface area contributed by atoms with Crippen molar-refractivity contribution >= 4 is 96.4 Å². The summed E-state index contributed by atoms with van der Waals surface area (Å²) in [6.07, 6.45) is 5.49. The van der Waals surface area contributed by atoms with E-state index in [0.717, 1.165) is 125 Å². The fraction of sp³-hybridized carbons (Fsp3) is 0.129. The molecule has 0 amide bonds. The molecule has 0 N–H and O–H groups in total. The summed E-state index contributed by atoms with van der Waals surface area (Å²) >= 11 is 0. The molecule has 2 aliphatic heterocycles. The molecule has 0 spiro atoms. The molecule has 0 bridgehead atoms. The number of benzene rings is 7. The van der Waals surface area contributed by atoms with Gasteiger partial charge in [0.25, 0.3) is 6.71 Å². The third kappa shape index (κ3) is 6.12. The lowest BCUT2D eigenvalue weighted by molar-refractivity contribution is 0.289. The number of rotatable bonds is 5. The van der Waals surface area contributed by atoms with Crippen LogP contribution in [-0.4, -0.2) is 6.71 Å². The normalized spacial score (nSPS) is 15.0. The van der Waals surface area contributed by atoms with E-state index in [0.29, 0.717) is 5.92 Å². The fourth-order valence-electron chi connectivity index (χ4n) is 11.6. The van der Waals surface area contributed by atoms with Crippen molar-refractivity contribution in [2.75, 3.05) is 9.80 Å². The van der Waals surface area contributed by atoms with Crippen molar-refractivity contribution in [3.63, 3.8) is 0 Å². The molecule has 11 aromatic rings. The first-order valence-electron chi connectivity index (χ1n) is 24.0. The Kier molecular flexibility index (Phi) is 8.50. The summed E-state index contributed by atoms with van der Waals surface area (Å²) in [7, 11) is 0. The summed E-state index contributed by atoms with van der Waals surface area (Å²) in [6.45, 7) is 11.4. The summed E-state index contributed by atoms with van der Waals surface area (Å²) < 4.78 is 26.8. The van der Waals surface area contributed by atoms with Gasteiger partial charge in [0.2, 0.25) is 5.88 Å². The van der Waals surface area contributed by atoms with Crippen LogP contribution in [0.25, 0.3) is 73.0 Å². The maximum atomic E-state index is 7.30. The number of anilines is 6. The van der Waals surface area contributed by atoms with Crippen molar-refractivity contribution in [3.8, 4) is 34.0 Å². The second-order valence-corrected chi connectivity index (χ2v) is 20.2. The SMILES string of the molecule is Cc1cc(-c2cc3ccccc3o2)cc(C)c1N1c2cccc3c2B(c2ccc(-c4cc5ccccc5o4)cc2N3c2cccc(-c3cc4ccccc4o3)c2)c2c1oc1c2CC(C(C)(C)C)C=C1. The zero-order valence-corrected chi connectivity index (χ0v) is 39.1. The monoisotopic (exact) mass is 894 g/mol. The number of nitrogens with zero attached hydrogens (tertiary/aromatic N) is 2. The van der Waals surface area contributed by atoms with Gasteiger partial charge in [-0.05, 0) is 150 Å². The van der Waals surface area contributed by atoms with Gasteiger partial charge in [-0.15, -0.1) is 0 Å². The molecule has 332 valence electrons. The van der Waals surface area contributed by atoms with E-state index in [4.69, 9.17) is 17.7 Å². The highest BCUT2D eigenvalue weighted by molar-refractivity contribution is 7.00. The van der Waals surface area contributed by atoms with Gasteiger partial charge >= 0.3 is 0 Å². The first kappa shape index (κ1) is 40.0. The molecule has 1 unspecified atom stereocenters. The lowest BCUT2D eigenvalue weighted by Crippen LogP contribution is -2.62. The van der Waals surface area contributed by atoms with E-state index in [1.54, 1.807) is 0 Å². The molecule has 69 heavy (non-hydrogen) atoms. The average molecular weight is 895 g/mol. The second-order valence-electron chi connectivity index (χ2n) is 20.2. The standard InChI is InChI=1S/C62H47BN2O4/c1-36-28-43(57-34-41-16-8-11-23-53(41)68-57)29-37(2)60(36)65-49-20-13-19-48-59(49)63(58-46-35-44(62(3,4)5)25-27-54(46)69-61(58)65)47-26-24-42(56-33-40-15-7-10-22-52(40)67-56)31-50(47)64(48)45-18-12-17-38(30-45)55-32-39-14-6-9-21-51(39)66-55/h6-34,44H,35H2,1-5H3. The van der Waals surface area contributed by atoms with Gasteiger partial charge in [-0.25, -0.2) is 0 Å². The first-order chi connectivity index (χ1) is 33.6. The van der Waals surface area contributed by atoms with Gasteiger partial charge in [-0.2, -0.15) is 0 Å². The molecule has 0 fully saturated rings. The Morgan fingerprint density at radius 1 is 0.507 bits per heavy atom. The van der Waals surface area contributed by atoms with Crippen molar-refractivity contribution in [2.45, 2.75) is 41.0 Å². The smallest absolute Gasteiger partial charge is 0.256 e. The molecule has 0 saturated heterocycles. The number of allylic oxidation sites excluding steroid dienone is 1. The molecule has 0 radical (unpaired) electrons. The van der Waals surface area contributed by atoms with Crippen LogP contribution < -0.4 is 26.2 Å². The van der Waals surface area contributed by atoms with Gasteiger partial charge in [-0.3, -0.25) is 4.90 Å². The van der Waals surface area contributed by atoms with E-state index in [2.05, 4.69) is 184 Å². The largest absolute Gasteiger partial charge is 0.456 e. The molecule has 1 atom stereocenters. The van der Waals surface area contributed by atoms with Crippen molar-refractivity contribution < 1.29 is 17.7 Å². The van der Waals surface area contributed by atoms with Crippen molar-refractivity contribution in [1.82, 2.24) is 0 Å². The highest BCUT2D eigenvalue weighted by Gasteiger charge is 2.48. The Balaban J connectivity index is 1.01. The zero-order valence-electron chi connectivity index (χ0n) is 39.1. The molecule has 7 aromatic carbocycles. The Labute approximate surface area is 400 Å². The first-order valence-corrected chi connectivity index (χ1v) is 24.0. The number of hydrogen-bond acceptors (Lipinski definition) is 6. The van der Waals surface area contributed by atoms with Gasteiger partial charge in [-0.1, -0.05) is 112 Å². The van der Waals surface area contributed by atoms with E-state index in [1.807, 2.05) is 36.4 Å². The number of para-hydroxylation sites is 3. The summed E-state index contributed by atoms with van der Waals surface area (Å²) in [5.74, 6) is 4.68. The van der Waals surface area contributed by atoms with Crippen LogP contribution >= 0.6 is 0 Å². The highest BCUT2D eigenvalue weighted by atomic mass is 16.4. The van der Waals surface area contributed by atoms with Crippen LogP contribution in [0.15, 0.2) is 188 Å². The molecular weight excluding hydrogens is 848 g/mol. The minimum Gasteiger partial charge on any atom is -0.456 e. The Morgan fingerprint density at radius 2 is 1.07 bits per heavy atom. The Morgan fingerprint density at radius 3 is 1.68 bits per heavy atom. The van der Waals surface area contributed by atoms with E-state index in [1.165, 1.54) is 22.0 Å². The van der Waals surface area contributed by atoms with E-state index < -0.39 is 0 Å². The van der Waals surface area contributed by atoms with E-state index >= 15 is 0 Å². The molecule has 14 rings (SSSR count). The lowest BCUT2D eigenvalue weighted by atomic mass is 9.33. The molecule has 1 aliphatic carbocycles. The third-order valence-electron chi connectivity index (χ3n) is 14.9. The topological polar surface area (TPSA) is 59.0 Å². The molecule has 0 saturated carbocycles. The molecule has 4 aromatic heterocycles. The van der Waals surface area contributed by atoms with Crippen LogP contribution in [0.4, 0.5) is 34.3 Å². The third-order valence-corrected chi connectivity index (χ3v) is 14.9. The summed E-state index contributed by atoms with van der Waals surface area (Å²) in [5.41, 5.74) is 18.4. The predicted molar refractivity (Wildman–Crippen MR) is 284 cm³/mol. The van der Waals surface area contributed by atoms with Crippen LogP contribution in [0.3, 0.4) is 0 Å². The highest BCUT2D eigenvalue weighted by Crippen LogP contribution is 2.50. The van der Waals surface area contributed by atoms with Crippen LogP contribution in [0.1, 0.15) is 43.2 Å². The van der Waals surface area contributed by atoms with Crippen molar-refractivity contribution in [1.29, 1.82) is 0 Å². The minimum atomic E-state index is -0.118. The predicted octanol–water partition coefficient (Wildman–Crippen LogP) is 15.5. The minimum absolute atomic E-state index is 0.0586. The average Bonchev–Trinajstić information content (AvgIpc) is 4.18. The van der Waals surface area contributed by atoms with E-state index in [9.17, 15) is 0 Å². The quantitative estimate of drug-likeness (QED) is 0.160. The maximum Gasteiger partial charge on any atom is 0.256 e. The molecule has 7 heteroatoms. The van der Waals surface area contributed by atoms with Gasteiger partial charge in [0.1, 0.15) is 39.8 Å². The summed E-state index contributed by atoms with van der Waals surface area (Å²) in [4.78, 5) is 4.88. The van der Waals surface area contributed by atoms with Gasteiger partial charge < -0.3 is 22.6 Å². The van der Waals surface area contributed by atoms with Crippen LogP contribution in [0, 0.1) is 25.2 Å². The Bertz CT molecular complexity index is 3820. The van der Waals surface area contributed by atoms with Crippen molar-refractivity contribution in [3.05, 3.63) is 192 Å². The van der Waals surface area contributed by atoms with E-state index in [-0.39, 0.29) is 12.1 Å². The number of fused-ring (bicyclic) bond motifs is 9. The van der Waals surface area contributed by atoms with Gasteiger partial charge in [0.05, 0.1) is 5.69 Å². The summed E-state index contributed by atoms with van der Waals surface area (Å²) in [6, 6.07) is 58.1. The number of furan rings is 4. The van der Waals surface area contributed by atoms with Crippen molar-refractivity contribution in [2.24, 2.45) is 11.3 Å². The zero-order chi connectivity index (χ0) is 46.3. The molecule has 6 heterocycles. The Hall–Kier alpha value is -8.16. The molecule has 3 aliphatic rings. The maximum absolute atomic E-state index is 7.30. The van der Waals surface area contributed by atoms with Gasteiger partial charge in [0, 0.05) is 55.6 Å². The molecule has 6 nitrogen and oxygen atoms in total. The summed E-state index contributed by atoms with van der Waals surface area (Å²) in [5, 5.41) is 3.25. The van der Waals surface area contributed by atoms with Gasteiger partial charge in [0.15, 0.2) is 0 Å². The fourth-order valence-corrected chi connectivity index (χ4v) is 11.6. The lowest BCUT2D eigenvalue weighted by Gasteiger charge is -2.43. The van der Waals surface area contributed by atoms with Crippen LogP contribution in [0.5, 0.6) is 0 Å². The number of aryl methyl sites for hydroxylation is 2.